The molecule has 2 aromatic carbocycles. The summed E-state index contributed by atoms with van der Waals surface area (Å²) in [5, 5.41) is 7.49. The van der Waals surface area contributed by atoms with Crippen LogP contribution in [0.25, 0.3) is 0 Å². The fourth-order valence-electron chi connectivity index (χ4n) is 3.33. The van der Waals surface area contributed by atoms with Gasteiger partial charge in [0.1, 0.15) is 0 Å². The van der Waals surface area contributed by atoms with E-state index in [0.717, 1.165) is 11.3 Å². The van der Waals surface area contributed by atoms with Crippen LogP contribution in [-0.2, 0) is 9.53 Å². The summed E-state index contributed by atoms with van der Waals surface area (Å²) in [6.45, 7) is 4.62. The molecule has 4 rings (SSSR count). The number of carbonyl (C=O) groups excluding carboxylic acids is 1. The van der Waals surface area contributed by atoms with Crippen LogP contribution < -0.4 is 30.8 Å². The van der Waals surface area contributed by atoms with E-state index < -0.39 is 5.91 Å². The van der Waals surface area contributed by atoms with Crippen molar-refractivity contribution >= 4 is 35.7 Å². The smallest absolute Gasteiger partial charge is 0.255 e. The molecule has 0 atom stereocenters. The lowest BCUT2D eigenvalue weighted by Gasteiger charge is -2.27. The number of nitrogens with one attached hydrogen (secondary N) is 2. The van der Waals surface area contributed by atoms with Crippen molar-refractivity contribution in [3.05, 3.63) is 54.1 Å². The van der Waals surface area contributed by atoms with Gasteiger partial charge < -0.3 is 30.2 Å². The zero-order valence-corrected chi connectivity index (χ0v) is 19.9. The molecule has 3 aromatic rings. The number of morpholine rings is 1. The molecule has 0 radical (unpaired) electrons. The predicted molar refractivity (Wildman–Crippen MR) is 136 cm³/mol. The van der Waals surface area contributed by atoms with Gasteiger partial charge in [0.05, 0.1) is 26.0 Å². The highest BCUT2D eigenvalue weighted by atomic mass is 16.5. The van der Waals surface area contributed by atoms with Crippen molar-refractivity contribution in [2.75, 3.05) is 55.2 Å². The maximum absolute atomic E-state index is 11.0. The summed E-state index contributed by atoms with van der Waals surface area (Å²) >= 11 is 0. The lowest BCUT2D eigenvalue weighted by atomic mass is 10.2. The Kier molecular flexibility index (Phi) is 8.44. The monoisotopic (exact) mass is 492 g/mol. The number of hydrogen-bond acceptors (Lipinski definition) is 11. The zero-order chi connectivity index (χ0) is 25.2. The van der Waals surface area contributed by atoms with Crippen LogP contribution in [0.3, 0.4) is 0 Å². The summed E-state index contributed by atoms with van der Waals surface area (Å²) in [5.74, 6) is 1.54. The van der Waals surface area contributed by atoms with E-state index in [9.17, 15) is 4.79 Å². The number of ether oxygens (including phenoxy) is 3. The van der Waals surface area contributed by atoms with Crippen molar-refractivity contribution in [3.63, 3.8) is 0 Å². The van der Waals surface area contributed by atoms with E-state index in [1.807, 2.05) is 42.2 Å². The Labute approximate surface area is 208 Å². The first-order chi connectivity index (χ1) is 17.6. The van der Waals surface area contributed by atoms with E-state index in [1.54, 1.807) is 24.4 Å². The number of benzene rings is 2. The molecule has 4 N–H and O–H groups in total. The highest BCUT2D eigenvalue weighted by Crippen LogP contribution is 2.28. The quantitative estimate of drug-likeness (QED) is 0.268. The van der Waals surface area contributed by atoms with Gasteiger partial charge in [0.25, 0.3) is 5.91 Å². The molecule has 1 amide bonds. The topological polar surface area (TPSA) is 149 Å². The lowest BCUT2D eigenvalue weighted by molar-refractivity contribution is -0.119. The molecule has 0 bridgehead atoms. The van der Waals surface area contributed by atoms with E-state index in [4.69, 9.17) is 19.9 Å². The maximum Gasteiger partial charge on any atom is 0.255 e. The minimum Gasteiger partial charge on any atom is -0.490 e. The first kappa shape index (κ1) is 24.7. The average Bonchev–Trinajstić information content (AvgIpc) is 2.89. The average molecular weight is 493 g/mol. The van der Waals surface area contributed by atoms with Crippen molar-refractivity contribution in [2.45, 2.75) is 6.92 Å². The van der Waals surface area contributed by atoms with Crippen LogP contribution in [0.4, 0.5) is 23.5 Å². The second-order valence-electron chi connectivity index (χ2n) is 7.64. The number of hydrogen-bond donors (Lipinski definition) is 3. The summed E-state index contributed by atoms with van der Waals surface area (Å²) in [4.78, 5) is 26.6. The van der Waals surface area contributed by atoms with Crippen LogP contribution in [-0.4, -0.2) is 66.6 Å². The molecule has 1 aliphatic heterocycles. The van der Waals surface area contributed by atoms with E-state index in [-0.39, 0.29) is 12.6 Å². The van der Waals surface area contributed by atoms with E-state index in [1.165, 1.54) is 0 Å². The fourth-order valence-corrected chi connectivity index (χ4v) is 3.33. The Morgan fingerprint density at radius 1 is 1.08 bits per heavy atom. The van der Waals surface area contributed by atoms with Gasteiger partial charge in [0.2, 0.25) is 17.8 Å². The first-order valence-corrected chi connectivity index (χ1v) is 11.5. The number of rotatable bonds is 11. The fraction of sp³-hybridized carbons (Fsp3) is 0.292. The molecule has 188 valence electrons. The molecule has 1 aromatic heterocycles. The van der Waals surface area contributed by atoms with Gasteiger partial charge in [-0.25, -0.2) is 5.43 Å². The van der Waals surface area contributed by atoms with Crippen molar-refractivity contribution in [3.8, 4) is 11.5 Å². The van der Waals surface area contributed by atoms with Crippen molar-refractivity contribution in [1.29, 1.82) is 0 Å². The molecule has 2 heterocycles. The molecular formula is C24H28N8O4. The molecule has 1 aliphatic rings. The zero-order valence-electron chi connectivity index (χ0n) is 19.9. The second-order valence-corrected chi connectivity index (χ2v) is 7.64. The highest BCUT2D eigenvalue weighted by Gasteiger charge is 2.17. The van der Waals surface area contributed by atoms with Gasteiger partial charge in [-0.2, -0.15) is 20.1 Å². The highest BCUT2D eigenvalue weighted by molar-refractivity contribution is 5.81. The molecule has 12 heteroatoms. The molecule has 12 nitrogen and oxygen atoms in total. The van der Waals surface area contributed by atoms with Crippen LogP contribution in [0.5, 0.6) is 11.5 Å². The number of nitrogens with zero attached hydrogens (tertiary/aromatic N) is 5. The van der Waals surface area contributed by atoms with Crippen molar-refractivity contribution in [1.82, 2.24) is 15.0 Å². The maximum atomic E-state index is 11.0. The van der Waals surface area contributed by atoms with E-state index in [2.05, 4.69) is 30.8 Å². The molecule has 1 fully saturated rings. The number of amides is 1. The summed E-state index contributed by atoms with van der Waals surface area (Å²) in [6, 6.07) is 14.9. The summed E-state index contributed by atoms with van der Waals surface area (Å²) in [7, 11) is 0. The van der Waals surface area contributed by atoms with E-state index in [0.29, 0.717) is 56.3 Å². The molecule has 36 heavy (non-hydrogen) atoms. The van der Waals surface area contributed by atoms with Gasteiger partial charge in [-0.15, -0.1) is 0 Å². The lowest BCUT2D eigenvalue weighted by Crippen LogP contribution is -2.37. The molecule has 1 saturated heterocycles. The number of hydrazone groups is 1. The van der Waals surface area contributed by atoms with Crippen molar-refractivity contribution in [2.24, 2.45) is 10.8 Å². The SMILES string of the molecule is CCOc1cc(/C=N/Nc2nc(Nc3ccccc3)nc(N3CCOCC3)n2)ccc1OCC(N)=O. The summed E-state index contributed by atoms with van der Waals surface area (Å²) < 4.78 is 16.5. The predicted octanol–water partition coefficient (Wildman–Crippen LogP) is 2.16. The van der Waals surface area contributed by atoms with Crippen LogP contribution >= 0.6 is 0 Å². The van der Waals surface area contributed by atoms with Gasteiger partial charge in [-0.3, -0.25) is 4.79 Å². The van der Waals surface area contributed by atoms with Crippen LogP contribution in [0, 0.1) is 0 Å². The molecule has 0 aliphatic carbocycles. The Hall–Kier alpha value is -4.45. The molecule has 0 unspecified atom stereocenters. The summed E-state index contributed by atoms with van der Waals surface area (Å²) in [5.41, 5.74) is 9.64. The van der Waals surface area contributed by atoms with Crippen LogP contribution in [0.1, 0.15) is 12.5 Å². The molecular weight excluding hydrogens is 464 g/mol. The third-order valence-electron chi connectivity index (χ3n) is 4.96. The first-order valence-electron chi connectivity index (χ1n) is 11.5. The van der Waals surface area contributed by atoms with Gasteiger partial charge >= 0.3 is 0 Å². The van der Waals surface area contributed by atoms with Gasteiger partial charge in [-0.1, -0.05) is 18.2 Å². The Balaban J connectivity index is 1.52. The van der Waals surface area contributed by atoms with Crippen molar-refractivity contribution < 1.29 is 19.0 Å². The largest absolute Gasteiger partial charge is 0.490 e. The van der Waals surface area contributed by atoms with E-state index >= 15 is 0 Å². The third-order valence-corrected chi connectivity index (χ3v) is 4.96. The standard InChI is InChI=1S/C24H28N8O4/c1-2-35-20-14-17(8-9-19(20)36-16-21(25)33)15-26-31-23-28-22(27-18-6-4-3-5-7-18)29-24(30-23)32-10-12-34-13-11-32/h3-9,14-15H,2,10-13,16H2,1H3,(H2,25,33)(H2,27,28,29,30,31)/b26-15+. The van der Waals surface area contributed by atoms with Gasteiger partial charge in [0, 0.05) is 18.8 Å². The Bertz CT molecular complexity index is 1190. The third kappa shape index (κ3) is 7.03. The number of carbonyl (C=O) groups is 1. The van der Waals surface area contributed by atoms with Gasteiger partial charge in [0.15, 0.2) is 18.1 Å². The Morgan fingerprint density at radius 2 is 1.86 bits per heavy atom. The summed E-state index contributed by atoms with van der Waals surface area (Å²) in [6.07, 6.45) is 1.60. The normalized spacial score (nSPS) is 13.4. The number of anilines is 4. The van der Waals surface area contributed by atoms with Crippen LogP contribution in [0.2, 0.25) is 0 Å². The number of para-hydroxylation sites is 1. The molecule has 0 saturated carbocycles. The second kappa shape index (κ2) is 12.3. The van der Waals surface area contributed by atoms with Crippen LogP contribution in [0.15, 0.2) is 53.6 Å². The minimum absolute atomic E-state index is 0.237. The number of primary amides is 1. The Morgan fingerprint density at radius 3 is 2.61 bits per heavy atom. The molecule has 0 spiro atoms. The van der Waals surface area contributed by atoms with Gasteiger partial charge in [-0.05, 0) is 42.8 Å². The number of aromatic nitrogens is 3. The minimum atomic E-state index is -0.567. The number of nitrogens with two attached hydrogens (primary N) is 1.